The van der Waals surface area contributed by atoms with E-state index in [1.165, 1.54) is 5.41 Å². The lowest BCUT2D eigenvalue weighted by atomic mass is 10.1. The lowest BCUT2D eigenvalue weighted by Crippen LogP contribution is -2.43. The molecule has 1 amide bonds. The average Bonchev–Trinajstić information content (AvgIpc) is 2.69. The third-order valence-corrected chi connectivity index (χ3v) is 4.63. The van der Waals surface area contributed by atoms with Crippen LogP contribution in [-0.2, 0) is 14.6 Å². The maximum absolute atomic E-state index is 12.5. The summed E-state index contributed by atoms with van der Waals surface area (Å²) in [5.41, 5.74) is 1.78. The Morgan fingerprint density at radius 3 is 2.55 bits per heavy atom. The molecule has 2 rings (SSSR count). The van der Waals surface area contributed by atoms with Crippen LogP contribution in [-0.4, -0.2) is 26.1 Å². The van der Waals surface area contributed by atoms with E-state index in [0.29, 0.717) is 0 Å². The van der Waals surface area contributed by atoms with Crippen LogP contribution < -0.4 is 4.90 Å². The Kier molecular flexibility index (Phi) is 3.99. The summed E-state index contributed by atoms with van der Waals surface area (Å²) in [5, 5.41) is 1.20. The molecule has 108 valence electrons. The predicted molar refractivity (Wildman–Crippen MR) is 80.2 cm³/mol. The molecule has 5 heteroatoms. The van der Waals surface area contributed by atoms with E-state index < -0.39 is 15.9 Å². The minimum Gasteiger partial charge on any atom is -0.304 e. The first-order valence-corrected chi connectivity index (χ1v) is 8.32. The number of benzene rings is 1. The van der Waals surface area contributed by atoms with Crippen molar-refractivity contribution in [3.63, 3.8) is 0 Å². The average molecular weight is 293 g/mol. The third kappa shape index (κ3) is 3.10. The Balaban J connectivity index is 2.41. The molecule has 20 heavy (non-hydrogen) atoms. The second-order valence-electron chi connectivity index (χ2n) is 5.43. The smallest absolute Gasteiger partial charge is 0.230 e. The van der Waals surface area contributed by atoms with Crippen LogP contribution in [0.1, 0.15) is 19.4 Å². The van der Waals surface area contributed by atoms with Crippen LogP contribution in [0, 0.1) is 12.8 Å². The summed E-state index contributed by atoms with van der Waals surface area (Å²) in [6.07, 6.45) is 1.60. The molecule has 0 bridgehead atoms. The summed E-state index contributed by atoms with van der Waals surface area (Å²) in [6, 6.07) is 7.14. The molecule has 0 saturated carbocycles. The number of amides is 1. The van der Waals surface area contributed by atoms with E-state index in [4.69, 9.17) is 0 Å². The molecule has 0 aromatic heterocycles. The minimum absolute atomic E-state index is 0.0423. The van der Waals surface area contributed by atoms with Crippen LogP contribution >= 0.6 is 0 Å². The quantitative estimate of drug-likeness (QED) is 0.859. The fourth-order valence-electron chi connectivity index (χ4n) is 2.26. The number of nitrogens with zero attached hydrogens (tertiary/aromatic N) is 1. The summed E-state index contributed by atoms with van der Waals surface area (Å²) in [7, 11) is -3.19. The van der Waals surface area contributed by atoms with E-state index in [0.717, 1.165) is 11.3 Å². The van der Waals surface area contributed by atoms with E-state index in [1.54, 1.807) is 11.0 Å². The zero-order valence-electron chi connectivity index (χ0n) is 11.9. The zero-order valence-corrected chi connectivity index (χ0v) is 12.7. The van der Waals surface area contributed by atoms with Gasteiger partial charge in [0.25, 0.3) is 0 Å². The normalized spacial score (nSPS) is 20.3. The molecule has 0 aliphatic carbocycles. The van der Waals surface area contributed by atoms with Crippen LogP contribution in [0.5, 0.6) is 0 Å². The first-order chi connectivity index (χ1) is 9.30. The van der Waals surface area contributed by atoms with E-state index in [1.807, 2.05) is 45.0 Å². The Bertz CT molecular complexity index is 647. The minimum atomic E-state index is -3.19. The Morgan fingerprint density at radius 1 is 1.35 bits per heavy atom. The molecule has 1 atom stereocenters. The summed E-state index contributed by atoms with van der Waals surface area (Å²) in [5.74, 6) is -0.297. The second-order valence-corrected chi connectivity index (χ2v) is 7.36. The van der Waals surface area contributed by atoms with Crippen molar-refractivity contribution >= 4 is 21.4 Å². The van der Waals surface area contributed by atoms with Crippen LogP contribution in [0.4, 0.5) is 5.69 Å². The van der Waals surface area contributed by atoms with Crippen LogP contribution in [0.25, 0.3) is 0 Å². The van der Waals surface area contributed by atoms with Gasteiger partial charge in [0, 0.05) is 17.0 Å². The standard InChI is InChI=1S/C15H19NO3S/c1-11(2)15(17)16(13-6-4-5-12(3)9-13)14-7-8-20(18,19)10-14/h4-9,11,14H,10H2,1-3H3/t14-/m0/s1. The fraction of sp³-hybridized carbons (Fsp3) is 0.400. The van der Waals surface area contributed by atoms with Gasteiger partial charge in [-0.3, -0.25) is 4.79 Å². The Morgan fingerprint density at radius 2 is 2.05 bits per heavy atom. The maximum atomic E-state index is 12.5. The van der Waals surface area contributed by atoms with E-state index >= 15 is 0 Å². The van der Waals surface area contributed by atoms with Crippen LogP contribution in [0.2, 0.25) is 0 Å². The van der Waals surface area contributed by atoms with E-state index in [9.17, 15) is 13.2 Å². The third-order valence-electron chi connectivity index (χ3n) is 3.25. The van der Waals surface area contributed by atoms with Crippen molar-refractivity contribution in [1.29, 1.82) is 0 Å². The molecule has 0 N–H and O–H groups in total. The highest BCUT2D eigenvalue weighted by Gasteiger charge is 2.32. The summed E-state index contributed by atoms with van der Waals surface area (Å²) >= 11 is 0. The first kappa shape index (κ1) is 14.8. The van der Waals surface area contributed by atoms with Crippen molar-refractivity contribution in [3.8, 4) is 0 Å². The number of carbonyl (C=O) groups excluding carboxylic acids is 1. The maximum Gasteiger partial charge on any atom is 0.230 e. The fourth-order valence-corrected chi connectivity index (χ4v) is 3.53. The van der Waals surface area contributed by atoms with Crippen LogP contribution in [0.15, 0.2) is 35.7 Å². The summed E-state index contributed by atoms with van der Waals surface area (Å²) in [6.45, 7) is 5.58. The Labute approximate surface area is 120 Å². The number of rotatable bonds is 3. The highest BCUT2D eigenvalue weighted by atomic mass is 32.2. The first-order valence-electron chi connectivity index (χ1n) is 6.61. The van der Waals surface area contributed by atoms with Crippen LogP contribution in [0.3, 0.4) is 0 Å². The number of hydrogen-bond acceptors (Lipinski definition) is 3. The molecule has 1 aliphatic rings. The number of sulfone groups is 1. The van der Waals surface area contributed by atoms with Crippen molar-refractivity contribution in [1.82, 2.24) is 0 Å². The van der Waals surface area contributed by atoms with Gasteiger partial charge in [0.2, 0.25) is 5.91 Å². The second kappa shape index (κ2) is 5.40. The van der Waals surface area contributed by atoms with Crippen molar-refractivity contribution in [2.75, 3.05) is 10.7 Å². The van der Waals surface area contributed by atoms with Crippen molar-refractivity contribution in [2.45, 2.75) is 26.8 Å². The number of aryl methyl sites for hydroxylation is 1. The van der Waals surface area contributed by atoms with Crippen molar-refractivity contribution < 1.29 is 13.2 Å². The predicted octanol–water partition coefficient (Wildman–Crippen LogP) is 2.29. The lowest BCUT2D eigenvalue weighted by molar-refractivity contribution is -0.121. The number of carbonyl (C=O) groups is 1. The van der Waals surface area contributed by atoms with Gasteiger partial charge in [-0.1, -0.05) is 26.0 Å². The van der Waals surface area contributed by atoms with Gasteiger partial charge >= 0.3 is 0 Å². The van der Waals surface area contributed by atoms with Gasteiger partial charge in [-0.25, -0.2) is 8.42 Å². The molecule has 0 saturated heterocycles. The lowest BCUT2D eigenvalue weighted by Gasteiger charge is -2.29. The highest BCUT2D eigenvalue weighted by Crippen LogP contribution is 2.25. The van der Waals surface area contributed by atoms with Gasteiger partial charge in [-0.15, -0.1) is 0 Å². The molecule has 0 spiro atoms. The molecule has 4 nitrogen and oxygen atoms in total. The van der Waals surface area contributed by atoms with Gasteiger partial charge in [0.1, 0.15) is 0 Å². The highest BCUT2D eigenvalue weighted by molar-refractivity contribution is 7.94. The number of hydrogen-bond donors (Lipinski definition) is 0. The van der Waals surface area contributed by atoms with E-state index in [-0.39, 0.29) is 17.6 Å². The van der Waals surface area contributed by atoms with Gasteiger partial charge in [-0.2, -0.15) is 0 Å². The summed E-state index contributed by atoms with van der Waals surface area (Å²) in [4.78, 5) is 14.0. The van der Waals surface area contributed by atoms with Gasteiger partial charge in [0.05, 0.1) is 11.8 Å². The molecule has 0 fully saturated rings. The molecular formula is C15H19NO3S. The van der Waals surface area contributed by atoms with Gasteiger partial charge < -0.3 is 4.90 Å². The SMILES string of the molecule is Cc1cccc(N(C(=O)C(C)C)[C@H]2C=CS(=O)(=O)C2)c1. The molecule has 0 unspecified atom stereocenters. The Hall–Kier alpha value is -1.62. The molecule has 0 radical (unpaired) electrons. The topological polar surface area (TPSA) is 54.5 Å². The largest absolute Gasteiger partial charge is 0.304 e. The van der Waals surface area contributed by atoms with Gasteiger partial charge in [-0.05, 0) is 30.7 Å². The number of anilines is 1. The molecular weight excluding hydrogens is 274 g/mol. The monoisotopic (exact) mass is 293 g/mol. The van der Waals surface area contributed by atoms with Crippen molar-refractivity contribution in [3.05, 3.63) is 41.3 Å². The summed E-state index contributed by atoms with van der Waals surface area (Å²) < 4.78 is 23.2. The molecule has 1 aromatic carbocycles. The van der Waals surface area contributed by atoms with E-state index in [2.05, 4.69) is 0 Å². The molecule has 1 aromatic rings. The molecule has 1 heterocycles. The van der Waals surface area contributed by atoms with Crippen molar-refractivity contribution in [2.24, 2.45) is 5.92 Å². The zero-order chi connectivity index (χ0) is 14.9. The van der Waals surface area contributed by atoms with Gasteiger partial charge in [0.15, 0.2) is 9.84 Å². The molecule has 1 aliphatic heterocycles.